The number of imide groups is 1. The van der Waals surface area contributed by atoms with Gasteiger partial charge in [-0.15, -0.1) is 0 Å². The molecule has 1 aliphatic heterocycles. The second-order valence-electron chi connectivity index (χ2n) is 6.76. The maximum atomic E-state index is 12.3. The Morgan fingerprint density at radius 3 is 2.14 bits per heavy atom. The Morgan fingerprint density at radius 1 is 1.04 bits per heavy atom. The molecule has 3 amide bonds. The van der Waals surface area contributed by atoms with Crippen LogP contribution in [0.2, 0.25) is 0 Å². The molecule has 3 rings (SSSR count). The van der Waals surface area contributed by atoms with Gasteiger partial charge in [-0.1, -0.05) is 12.2 Å². The molecule has 1 aliphatic carbocycles. The number of ketones is 1. The molecule has 1 aromatic carbocycles. The number of rotatable bonds is 6. The number of amides is 3. The second kappa shape index (κ2) is 8.16. The fourth-order valence-corrected chi connectivity index (χ4v) is 3.33. The third-order valence-electron chi connectivity index (χ3n) is 4.83. The summed E-state index contributed by atoms with van der Waals surface area (Å²) in [6, 6.07) is 6.27. The van der Waals surface area contributed by atoms with Crippen molar-refractivity contribution < 1.29 is 28.7 Å². The minimum Gasteiger partial charge on any atom is -0.454 e. The van der Waals surface area contributed by atoms with E-state index >= 15 is 0 Å². The lowest BCUT2D eigenvalue weighted by Crippen LogP contribution is -2.37. The van der Waals surface area contributed by atoms with Gasteiger partial charge in [-0.05, 0) is 44.0 Å². The van der Waals surface area contributed by atoms with Crippen molar-refractivity contribution in [1.29, 1.82) is 0 Å². The number of Topliss-reactive ketones (excluding diaryl/α,β-unsaturated/α-hetero) is 1. The smallest absolute Gasteiger partial charge is 0.326 e. The molecular formula is C20H20N2O6. The van der Waals surface area contributed by atoms with Gasteiger partial charge in [0.25, 0.3) is 5.91 Å². The molecule has 0 unspecified atom stereocenters. The maximum Gasteiger partial charge on any atom is 0.326 e. The molecule has 1 saturated heterocycles. The first kappa shape index (κ1) is 19.5. The number of esters is 1. The molecule has 28 heavy (non-hydrogen) atoms. The summed E-state index contributed by atoms with van der Waals surface area (Å²) in [5, 5.41) is 2.53. The molecule has 1 fully saturated rings. The van der Waals surface area contributed by atoms with E-state index in [1.807, 2.05) is 12.2 Å². The molecule has 8 heteroatoms. The summed E-state index contributed by atoms with van der Waals surface area (Å²) in [5.74, 6) is -3.04. The SMILES string of the molecule is CC(=O)c1ccc(NC(=O)COC(=O)CN2C(=O)[C@H]3CC=CC[C@H]3C2=O)cc1. The quantitative estimate of drug-likeness (QED) is 0.343. The molecule has 2 aliphatic rings. The van der Waals surface area contributed by atoms with Crippen LogP contribution < -0.4 is 5.32 Å². The highest BCUT2D eigenvalue weighted by Gasteiger charge is 2.47. The molecular weight excluding hydrogens is 364 g/mol. The van der Waals surface area contributed by atoms with Crippen molar-refractivity contribution in [2.24, 2.45) is 11.8 Å². The Kier molecular flexibility index (Phi) is 5.67. The van der Waals surface area contributed by atoms with Gasteiger partial charge in [-0.2, -0.15) is 0 Å². The van der Waals surface area contributed by atoms with Crippen molar-refractivity contribution in [2.75, 3.05) is 18.5 Å². The number of carbonyl (C=O) groups excluding carboxylic acids is 5. The number of allylic oxidation sites excluding steroid dienone is 2. The minimum atomic E-state index is -0.824. The minimum absolute atomic E-state index is 0.0894. The highest BCUT2D eigenvalue weighted by molar-refractivity contribution is 6.07. The number of likely N-dealkylation sites (tertiary alicyclic amines) is 1. The van der Waals surface area contributed by atoms with E-state index in [2.05, 4.69) is 5.32 Å². The van der Waals surface area contributed by atoms with E-state index in [-0.39, 0.29) is 17.6 Å². The van der Waals surface area contributed by atoms with Gasteiger partial charge in [0.1, 0.15) is 6.54 Å². The number of nitrogens with zero attached hydrogens (tertiary/aromatic N) is 1. The normalized spacial score (nSPS) is 20.7. The Morgan fingerprint density at radius 2 is 1.61 bits per heavy atom. The van der Waals surface area contributed by atoms with Gasteiger partial charge >= 0.3 is 5.97 Å². The van der Waals surface area contributed by atoms with Gasteiger partial charge < -0.3 is 10.1 Å². The van der Waals surface area contributed by atoms with E-state index in [1.165, 1.54) is 6.92 Å². The molecule has 2 atom stereocenters. The lowest BCUT2D eigenvalue weighted by Gasteiger charge is -2.14. The van der Waals surface area contributed by atoms with E-state index < -0.39 is 36.9 Å². The van der Waals surface area contributed by atoms with Crippen LogP contribution in [0.15, 0.2) is 36.4 Å². The van der Waals surface area contributed by atoms with Crippen molar-refractivity contribution in [2.45, 2.75) is 19.8 Å². The zero-order valence-corrected chi connectivity index (χ0v) is 15.3. The standard InChI is InChI=1S/C20H20N2O6/c1-12(23)13-6-8-14(9-7-13)21-17(24)11-28-18(25)10-22-19(26)15-4-2-3-5-16(15)20(22)27/h2-3,6-9,15-16H,4-5,10-11H2,1H3,(H,21,24)/t15-,16+. The molecule has 1 heterocycles. The van der Waals surface area contributed by atoms with E-state index in [9.17, 15) is 24.0 Å². The van der Waals surface area contributed by atoms with Gasteiger partial charge in [0.05, 0.1) is 11.8 Å². The average Bonchev–Trinajstić information content (AvgIpc) is 2.92. The third-order valence-corrected chi connectivity index (χ3v) is 4.83. The van der Waals surface area contributed by atoms with Crippen LogP contribution in [0.5, 0.6) is 0 Å². The van der Waals surface area contributed by atoms with Crippen molar-refractivity contribution in [3.05, 3.63) is 42.0 Å². The summed E-state index contributed by atoms with van der Waals surface area (Å²) in [6.07, 6.45) is 4.71. The van der Waals surface area contributed by atoms with Crippen molar-refractivity contribution in [3.63, 3.8) is 0 Å². The second-order valence-corrected chi connectivity index (χ2v) is 6.76. The summed E-state index contributed by atoms with van der Waals surface area (Å²) in [4.78, 5) is 60.6. The van der Waals surface area contributed by atoms with Gasteiger partial charge in [0, 0.05) is 11.3 Å². The maximum absolute atomic E-state index is 12.3. The number of fused-ring (bicyclic) bond motifs is 1. The lowest BCUT2D eigenvalue weighted by atomic mass is 9.85. The zero-order chi connectivity index (χ0) is 20.3. The molecule has 0 saturated carbocycles. The van der Waals surface area contributed by atoms with Crippen molar-refractivity contribution in [1.82, 2.24) is 4.90 Å². The van der Waals surface area contributed by atoms with Crippen LogP contribution in [-0.4, -0.2) is 47.5 Å². The number of nitrogens with one attached hydrogen (secondary N) is 1. The highest BCUT2D eigenvalue weighted by Crippen LogP contribution is 2.34. The van der Waals surface area contributed by atoms with E-state index in [0.717, 1.165) is 4.90 Å². The van der Waals surface area contributed by atoms with Gasteiger partial charge in [0.15, 0.2) is 12.4 Å². The van der Waals surface area contributed by atoms with Crippen LogP contribution >= 0.6 is 0 Å². The van der Waals surface area contributed by atoms with E-state index in [1.54, 1.807) is 24.3 Å². The van der Waals surface area contributed by atoms with Crippen molar-refractivity contribution in [3.8, 4) is 0 Å². The molecule has 146 valence electrons. The summed E-state index contributed by atoms with van der Waals surface area (Å²) in [6.45, 7) is 0.400. The Bertz CT molecular complexity index is 832. The van der Waals surface area contributed by atoms with Gasteiger partial charge in [0.2, 0.25) is 11.8 Å². The van der Waals surface area contributed by atoms with Crippen LogP contribution in [0.25, 0.3) is 0 Å². The summed E-state index contributed by atoms with van der Waals surface area (Å²) >= 11 is 0. The molecule has 1 N–H and O–H groups in total. The molecule has 0 aromatic heterocycles. The third kappa shape index (κ3) is 4.16. The number of anilines is 1. The monoisotopic (exact) mass is 384 g/mol. The summed E-state index contributed by atoms with van der Waals surface area (Å²) in [7, 11) is 0. The van der Waals surface area contributed by atoms with E-state index in [4.69, 9.17) is 4.74 Å². The van der Waals surface area contributed by atoms with Gasteiger partial charge in [-0.3, -0.25) is 28.9 Å². The first-order valence-electron chi connectivity index (χ1n) is 8.93. The lowest BCUT2D eigenvalue weighted by molar-refractivity contribution is -0.154. The first-order chi connectivity index (χ1) is 13.4. The van der Waals surface area contributed by atoms with Crippen LogP contribution in [0.3, 0.4) is 0 Å². The number of hydrogen-bond acceptors (Lipinski definition) is 6. The van der Waals surface area contributed by atoms with Crippen molar-refractivity contribution >= 4 is 35.2 Å². The number of carbonyl (C=O) groups is 5. The molecule has 1 aromatic rings. The van der Waals surface area contributed by atoms with Crippen LogP contribution in [-0.2, 0) is 23.9 Å². The molecule has 0 bridgehead atoms. The number of benzene rings is 1. The number of hydrogen-bond donors (Lipinski definition) is 1. The Balaban J connectivity index is 1.47. The Labute approximate surface area is 161 Å². The van der Waals surface area contributed by atoms with E-state index in [0.29, 0.717) is 24.1 Å². The first-order valence-corrected chi connectivity index (χ1v) is 8.93. The fraction of sp³-hybridized carbons (Fsp3) is 0.350. The zero-order valence-electron chi connectivity index (χ0n) is 15.3. The predicted octanol–water partition coefficient (Wildman–Crippen LogP) is 1.32. The highest BCUT2D eigenvalue weighted by atomic mass is 16.5. The molecule has 0 spiro atoms. The van der Waals surface area contributed by atoms with Crippen LogP contribution in [0.1, 0.15) is 30.1 Å². The fourth-order valence-electron chi connectivity index (χ4n) is 3.33. The molecule has 8 nitrogen and oxygen atoms in total. The molecule has 0 radical (unpaired) electrons. The predicted molar refractivity (Wildman–Crippen MR) is 98.1 cm³/mol. The van der Waals surface area contributed by atoms with Gasteiger partial charge in [-0.25, -0.2) is 0 Å². The van der Waals surface area contributed by atoms with Crippen LogP contribution in [0.4, 0.5) is 5.69 Å². The number of ether oxygens (including phenoxy) is 1. The summed E-state index contributed by atoms with van der Waals surface area (Å²) in [5.41, 5.74) is 0.965. The largest absolute Gasteiger partial charge is 0.454 e. The topological polar surface area (TPSA) is 110 Å². The Hall–Kier alpha value is -3.29. The summed E-state index contributed by atoms with van der Waals surface area (Å²) < 4.78 is 4.88. The average molecular weight is 384 g/mol. The van der Waals surface area contributed by atoms with Crippen LogP contribution in [0, 0.1) is 11.8 Å².